The van der Waals surface area contributed by atoms with E-state index in [4.69, 9.17) is 28.4 Å². The number of esters is 4. The minimum atomic E-state index is -2.39. The Morgan fingerprint density at radius 1 is 0.720 bits per heavy atom. The maximum absolute atomic E-state index is 15.5. The number of ketones is 1. The first-order chi connectivity index (χ1) is 43.8. The van der Waals surface area contributed by atoms with Gasteiger partial charge < -0.3 is 54.2 Å². The Bertz CT molecular complexity index is 3360. The van der Waals surface area contributed by atoms with Crippen LogP contribution >= 0.6 is 0 Å². The first-order valence-corrected chi connectivity index (χ1v) is 33.5. The van der Waals surface area contributed by atoms with E-state index in [0.717, 1.165) is 73.3 Å². The molecular formula is C76H101NO16. The highest BCUT2D eigenvalue weighted by Crippen LogP contribution is 2.64. The molecule has 5 N–H and O–H groups in total. The monoisotopic (exact) mass is 1280 g/mol. The van der Waals surface area contributed by atoms with Crippen molar-refractivity contribution in [2.45, 2.75) is 240 Å². The van der Waals surface area contributed by atoms with E-state index in [1.54, 1.807) is 92.7 Å². The van der Waals surface area contributed by atoms with Gasteiger partial charge in [0.05, 0.1) is 35.6 Å². The quantitative estimate of drug-likeness (QED) is 0.0279. The van der Waals surface area contributed by atoms with Gasteiger partial charge in [0, 0.05) is 43.2 Å². The number of benzene rings is 4. The third-order valence-corrected chi connectivity index (χ3v) is 21.3. The fourth-order valence-electron chi connectivity index (χ4n) is 15.5. The zero-order chi connectivity index (χ0) is 68.1. The van der Waals surface area contributed by atoms with Crippen LogP contribution < -0.4 is 10.1 Å². The van der Waals surface area contributed by atoms with E-state index >= 15 is 4.79 Å². The molecule has 1 amide bonds. The van der Waals surface area contributed by atoms with Crippen molar-refractivity contribution in [1.82, 2.24) is 5.32 Å². The first-order valence-electron chi connectivity index (χ1n) is 33.5. The van der Waals surface area contributed by atoms with Crippen molar-refractivity contribution in [2.75, 3.05) is 6.61 Å². The number of aliphatic hydroxyl groups excluding tert-OH is 2. The molecule has 4 aromatic carbocycles. The third-order valence-electron chi connectivity index (χ3n) is 21.3. The van der Waals surface area contributed by atoms with Crippen LogP contribution in [-0.2, 0) is 49.3 Å². The topological polar surface area (TPSA) is 251 Å². The van der Waals surface area contributed by atoms with Crippen molar-refractivity contribution in [3.05, 3.63) is 141 Å². The van der Waals surface area contributed by atoms with Gasteiger partial charge in [-0.15, -0.1) is 0 Å². The average Bonchev–Trinajstić information content (AvgIpc) is 0.670. The number of amides is 1. The number of phenols is 1. The molecule has 93 heavy (non-hydrogen) atoms. The van der Waals surface area contributed by atoms with E-state index in [9.17, 15) is 44.4 Å². The molecular weight excluding hydrogens is 1180 g/mol. The van der Waals surface area contributed by atoms with Gasteiger partial charge in [-0.25, -0.2) is 9.59 Å². The van der Waals surface area contributed by atoms with Crippen molar-refractivity contribution in [1.29, 1.82) is 0 Å². The highest BCUT2D eigenvalue weighted by Gasteiger charge is 2.78. The molecule has 0 spiro atoms. The Kier molecular flexibility index (Phi) is 22.7. The van der Waals surface area contributed by atoms with Crippen molar-refractivity contribution in [3.8, 4) is 11.5 Å². The zero-order valence-electron chi connectivity index (χ0n) is 57.1. The molecule has 17 heteroatoms. The van der Waals surface area contributed by atoms with E-state index in [0.29, 0.717) is 11.3 Å². The summed E-state index contributed by atoms with van der Waals surface area (Å²) < 4.78 is 36.9. The van der Waals surface area contributed by atoms with Crippen LogP contribution in [0.3, 0.4) is 0 Å². The summed E-state index contributed by atoms with van der Waals surface area (Å²) in [4.78, 5) is 83.5. The lowest BCUT2D eigenvalue weighted by molar-refractivity contribution is -0.346. The Balaban J connectivity index is 0.000000301. The van der Waals surface area contributed by atoms with Gasteiger partial charge in [-0.3, -0.25) is 19.2 Å². The molecule has 3 fully saturated rings. The largest absolute Gasteiger partial charge is 0.507 e. The fraction of sp³-hybridized carbons (Fsp3) is 0.579. The number of hydrogen-bond acceptors (Lipinski definition) is 16. The number of phenolic OH excluding ortho intramolecular Hbond substituents is 1. The van der Waals surface area contributed by atoms with E-state index in [1.165, 1.54) is 82.9 Å². The number of ether oxygens (including phenoxy) is 6. The van der Waals surface area contributed by atoms with Crippen LogP contribution in [0.2, 0.25) is 0 Å². The lowest BCUT2D eigenvalue weighted by Crippen LogP contribution is -2.82. The van der Waals surface area contributed by atoms with Crippen LogP contribution in [0.1, 0.15) is 208 Å². The Labute approximate surface area is 549 Å². The molecule has 2 bridgehead atoms. The summed E-state index contributed by atoms with van der Waals surface area (Å²) in [7, 11) is 0. The van der Waals surface area contributed by atoms with Gasteiger partial charge in [0.15, 0.2) is 23.6 Å². The van der Waals surface area contributed by atoms with E-state index < -0.39 is 113 Å². The third kappa shape index (κ3) is 15.0. The highest BCUT2D eigenvalue weighted by molar-refractivity contribution is 5.96. The standard InChI is InChI=1S/C47H51NO14.C29H50O2/c1-25-31(60-43(56)36(52)35(28-16-10-7-11-17-28)48-41(54)29-18-12-8-13-19-29)23-47(57)40(61-42(55)30-20-14-9-15-21-30)38-45(6,32(51)22-33-46(38,24-58-33)62-27(3)50)39(53)37(59-26(2)49)34(25)44(47,4)5;1-20(2)12-9-13-21(3)14-10-15-22(4)16-11-18-29(8)19-17-26-25(7)27(30)23(5)24(6)28(26)31-29/h7-21,31-33,35-38,40,51-52,57H,22-24H2,1-6H3,(H,48,54);20-22,30H,9-19H2,1-8H3/t31-,32-,33+,35-,36+,37+,38-,40-,45+,46-,47+;21-,22-,29-/m01/s1. The minimum Gasteiger partial charge on any atom is -0.507 e. The van der Waals surface area contributed by atoms with Crippen molar-refractivity contribution in [3.63, 3.8) is 0 Å². The number of Topliss-reactive ketones (excluding diaryl/α,β-unsaturated/α-hetero) is 1. The Hall–Kier alpha value is -6.92. The minimum absolute atomic E-state index is 0.00289. The maximum atomic E-state index is 15.5. The van der Waals surface area contributed by atoms with Crippen molar-refractivity contribution < 1.29 is 77.6 Å². The molecule has 0 aromatic heterocycles. The molecule has 2 aliphatic heterocycles. The molecule has 4 aromatic rings. The van der Waals surface area contributed by atoms with Crippen LogP contribution in [0.25, 0.3) is 0 Å². The van der Waals surface area contributed by atoms with E-state index in [-0.39, 0.29) is 40.9 Å². The lowest BCUT2D eigenvalue weighted by atomic mass is 9.44. The molecule has 2 saturated carbocycles. The molecule has 5 aliphatic rings. The highest BCUT2D eigenvalue weighted by atomic mass is 16.6. The number of fused-ring (bicyclic) bond motifs is 6. The summed E-state index contributed by atoms with van der Waals surface area (Å²) in [6.07, 6.45) is 3.54. The molecule has 3 aliphatic carbocycles. The van der Waals surface area contributed by atoms with Gasteiger partial charge in [-0.05, 0) is 143 Å². The van der Waals surface area contributed by atoms with Crippen LogP contribution in [0.4, 0.5) is 0 Å². The number of carbonyl (C=O) groups excluding carboxylic acids is 6. The van der Waals surface area contributed by atoms with Gasteiger partial charge >= 0.3 is 23.9 Å². The zero-order valence-corrected chi connectivity index (χ0v) is 57.1. The normalized spacial score (nSPS) is 28.0. The number of hydrogen-bond donors (Lipinski definition) is 5. The molecule has 0 unspecified atom stereocenters. The SMILES string of the molecule is CC(=O)O[C@H]1C(=O)[C@@]2(C)[C@H]([C@H](OC(=O)c3ccccc3)[C@]3(O)C[C@H](OC(=O)[C@H](O)[C@@H](NC(=O)c4ccccc4)c4ccccc4)C(C)=C1C3(C)C)[C@]1(OC(C)=O)CO[C@@H]1C[C@@H]2O.Cc1c(C)c2c(c(C)c1O)CC[C@@](C)(CCC[C@H](C)CCC[C@H](C)CCCC(C)C)O2. The number of carbonyl (C=O) groups is 6. The van der Waals surface area contributed by atoms with Crippen LogP contribution in [0.5, 0.6) is 11.5 Å². The lowest BCUT2D eigenvalue weighted by Gasteiger charge is -2.67. The Morgan fingerprint density at radius 2 is 1.29 bits per heavy atom. The van der Waals surface area contributed by atoms with Gasteiger partial charge in [0.2, 0.25) is 0 Å². The van der Waals surface area contributed by atoms with Crippen LogP contribution in [0.15, 0.2) is 102 Å². The summed E-state index contributed by atoms with van der Waals surface area (Å²) in [5.41, 5.74) is -2.79. The number of aliphatic hydroxyl groups is 3. The molecule has 14 atom stereocenters. The molecule has 17 nitrogen and oxygen atoms in total. The van der Waals surface area contributed by atoms with Gasteiger partial charge in [-0.2, -0.15) is 0 Å². The van der Waals surface area contributed by atoms with Gasteiger partial charge in [-0.1, -0.05) is 153 Å². The summed E-state index contributed by atoms with van der Waals surface area (Å²) in [6, 6.07) is 22.9. The van der Waals surface area contributed by atoms with Crippen LogP contribution in [0, 0.1) is 55.3 Å². The second-order valence-electron chi connectivity index (χ2n) is 28.8. The molecule has 506 valence electrons. The molecule has 1 saturated heterocycles. The summed E-state index contributed by atoms with van der Waals surface area (Å²) in [5, 5.41) is 50.6. The number of aromatic hydroxyl groups is 1. The molecule has 0 radical (unpaired) electrons. The second kappa shape index (κ2) is 29.4. The predicted molar refractivity (Wildman–Crippen MR) is 352 cm³/mol. The fourth-order valence-corrected chi connectivity index (χ4v) is 15.5. The van der Waals surface area contributed by atoms with E-state index in [2.05, 4.69) is 46.9 Å². The number of nitrogens with one attached hydrogen (secondary N) is 1. The van der Waals surface area contributed by atoms with Gasteiger partial charge in [0.1, 0.15) is 41.0 Å². The average molecular weight is 1280 g/mol. The van der Waals surface area contributed by atoms with Gasteiger partial charge in [0.25, 0.3) is 5.91 Å². The summed E-state index contributed by atoms with van der Waals surface area (Å²) >= 11 is 0. The van der Waals surface area contributed by atoms with Crippen molar-refractivity contribution in [2.24, 2.45) is 34.5 Å². The second-order valence-corrected chi connectivity index (χ2v) is 28.8. The molecule has 2 heterocycles. The smallest absolute Gasteiger partial charge is 0.338 e. The van der Waals surface area contributed by atoms with Crippen LogP contribution in [-0.4, -0.2) is 116 Å². The maximum Gasteiger partial charge on any atom is 0.338 e. The predicted octanol–water partition coefficient (Wildman–Crippen LogP) is 12.6. The summed E-state index contributed by atoms with van der Waals surface area (Å²) in [6.45, 7) is 25.9. The Morgan fingerprint density at radius 3 is 1.85 bits per heavy atom. The number of rotatable bonds is 22. The molecule has 9 rings (SSSR count). The summed E-state index contributed by atoms with van der Waals surface area (Å²) in [5.74, 6) is -2.81. The van der Waals surface area contributed by atoms with E-state index in [1.807, 2.05) is 13.8 Å². The van der Waals surface area contributed by atoms with Crippen molar-refractivity contribution >= 4 is 35.6 Å². The first kappa shape index (κ1) is 71.9.